The lowest BCUT2D eigenvalue weighted by Gasteiger charge is -2.30. The van der Waals surface area contributed by atoms with E-state index in [0.29, 0.717) is 0 Å². The second-order valence-electron chi connectivity index (χ2n) is 6.87. The van der Waals surface area contributed by atoms with Crippen molar-refractivity contribution in [2.24, 2.45) is 5.92 Å². The fraction of sp³-hybridized carbons (Fsp3) is 0.684. The lowest BCUT2D eigenvalue weighted by Crippen LogP contribution is -2.36. The van der Waals surface area contributed by atoms with E-state index in [1.807, 2.05) is 30.3 Å². The lowest BCUT2D eigenvalue weighted by molar-refractivity contribution is 0.120. The average molecular weight is 289 g/mol. The summed E-state index contributed by atoms with van der Waals surface area (Å²) >= 11 is 0. The summed E-state index contributed by atoms with van der Waals surface area (Å²) in [7, 11) is 0. The molecular weight excluding hydrogens is 258 g/mol. The Morgan fingerprint density at radius 1 is 1.05 bits per heavy atom. The second-order valence-corrected chi connectivity index (χ2v) is 6.87. The van der Waals surface area contributed by atoms with Crippen molar-refractivity contribution in [3.05, 3.63) is 35.9 Å². The zero-order valence-electron chi connectivity index (χ0n) is 13.7. The fourth-order valence-electron chi connectivity index (χ4n) is 3.30. The summed E-state index contributed by atoms with van der Waals surface area (Å²) in [5.74, 6) is 0.757. The third kappa shape index (κ3) is 5.44. The van der Waals surface area contributed by atoms with Crippen molar-refractivity contribution in [2.45, 2.75) is 64.5 Å². The maximum absolute atomic E-state index is 10.4. The molecule has 0 heterocycles. The molecule has 0 aliphatic heterocycles. The third-order valence-electron chi connectivity index (χ3n) is 4.71. The van der Waals surface area contributed by atoms with Crippen LogP contribution in [0.15, 0.2) is 30.3 Å². The molecule has 118 valence electrons. The molecule has 0 saturated heterocycles. The molecule has 0 aromatic heterocycles. The van der Waals surface area contributed by atoms with Gasteiger partial charge in [0.25, 0.3) is 0 Å². The normalized spacial score (nSPS) is 17.8. The minimum atomic E-state index is -0.325. The van der Waals surface area contributed by atoms with Crippen LogP contribution < -0.4 is 0 Å². The van der Waals surface area contributed by atoms with Crippen molar-refractivity contribution in [1.82, 2.24) is 4.90 Å². The van der Waals surface area contributed by atoms with E-state index in [-0.39, 0.29) is 6.10 Å². The number of hydrogen-bond acceptors (Lipinski definition) is 2. The first-order valence-electron chi connectivity index (χ1n) is 8.64. The van der Waals surface area contributed by atoms with E-state index in [1.54, 1.807) is 0 Å². The van der Waals surface area contributed by atoms with Crippen molar-refractivity contribution >= 4 is 0 Å². The van der Waals surface area contributed by atoms with Gasteiger partial charge in [0.15, 0.2) is 0 Å². The van der Waals surface area contributed by atoms with Crippen molar-refractivity contribution in [1.29, 1.82) is 0 Å². The molecule has 0 amide bonds. The Morgan fingerprint density at radius 2 is 1.67 bits per heavy atom. The number of rotatable bonds is 8. The summed E-state index contributed by atoms with van der Waals surface area (Å²) in [5.41, 5.74) is 1.05. The second kappa shape index (κ2) is 8.55. The van der Waals surface area contributed by atoms with Crippen molar-refractivity contribution in [3.63, 3.8) is 0 Å². The first kappa shape index (κ1) is 16.5. The Labute approximate surface area is 130 Å². The maximum atomic E-state index is 10.4. The van der Waals surface area contributed by atoms with Crippen molar-refractivity contribution in [2.75, 3.05) is 13.1 Å². The summed E-state index contributed by atoms with van der Waals surface area (Å²) < 4.78 is 0. The van der Waals surface area contributed by atoms with Crippen LogP contribution in [0.1, 0.15) is 64.0 Å². The zero-order chi connectivity index (χ0) is 15.1. The van der Waals surface area contributed by atoms with Gasteiger partial charge in [-0.3, -0.25) is 0 Å². The largest absolute Gasteiger partial charge is 0.388 e. The Morgan fingerprint density at radius 3 is 2.29 bits per heavy atom. The molecule has 0 radical (unpaired) electrons. The van der Waals surface area contributed by atoms with Gasteiger partial charge in [-0.25, -0.2) is 0 Å². The quantitative estimate of drug-likeness (QED) is 0.766. The van der Waals surface area contributed by atoms with Crippen LogP contribution in [-0.4, -0.2) is 29.1 Å². The van der Waals surface area contributed by atoms with E-state index in [1.165, 1.54) is 38.6 Å². The highest BCUT2D eigenvalue weighted by atomic mass is 16.3. The van der Waals surface area contributed by atoms with Crippen LogP contribution in [0.25, 0.3) is 0 Å². The lowest BCUT2D eigenvalue weighted by atomic mass is 10.0. The topological polar surface area (TPSA) is 23.5 Å². The number of aliphatic hydroxyl groups is 1. The minimum Gasteiger partial charge on any atom is -0.388 e. The highest BCUT2D eigenvalue weighted by Crippen LogP contribution is 2.26. The molecule has 1 atom stereocenters. The van der Waals surface area contributed by atoms with E-state index in [9.17, 15) is 5.11 Å². The highest BCUT2D eigenvalue weighted by Gasteiger charge is 2.23. The average Bonchev–Trinajstić information content (AvgIpc) is 3.02. The van der Waals surface area contributed by atoms with Gasteiger partial charge in [0.1, 0.15) is 0 Å². The summed E-state index contributed by atoms with van der Waals surface area (Å²) in [5, 5.41) is 10.4. The molecule has 1 fully saturated rings. The monoisotopic (exact) mass is 289 g/mol. The Hall–Kier alpha value is -0.860. The van der Waals surface area contributed by atoms with E-state index < -0.39 is 0 Å². The molecule has 1 aliphatic rings. The molecule has 2 rings (SSSR count). The molecule has 1 aromatic carbocycles. The summed E-state index contributed by atoms with van der Waals surface area (Å²) in [6.45, 7) is 6.80. The summed E-state index contributed by atoms with van der Waals surface area (Å²) in [6.07, 6.45) is 7.23. The zero-order valence-corrected chi connectivity index (χ0v) is 13.7. The van der Waals surface area contributed by atoms with Crippen LogP contribution in [0.4, 0.5) is 0 Å². The first-order valence-corrected chi connectivity index (χ1v) is 8.64. The Kier molecular flexibility index (Phi) is 6.72. The molecule has 1 aromatic rings. The molecule has 2 nitrogen and oxygen atoms in total. The van der Waals surface area contributed by atoms with E-state index in [4.69, 9.17) is 0 Å². The summed E-state index contributed by atoms with van der Waals surface area (Å²) in [4.78, 5) is 2.64. The van der Waals surface area contributed by atoms with Crippen LogP contribution in [0, 0.1) is 5.92 Å². The fourth-order valence-corrected chi connectivity index (χ4v) is 3.30. The number of benzene rings is 1. The van der Waals surface area contributed by atoms with Gasteiger partial charge in [0, 0.05) is 12.6 Å². The molecule has 21 heavy (non-hydrogen) atoms. The van der Waals surface area contributed by atoms with Crippen molar-refractivity contribution in [3.8, 4) is 0 Å². The van der Waals surface area contributed by atoms with Gasteiger partial charge in [0.05, 0.1) is 6.10 Å². The molecule has 1 saturated carbocycles. The van der Waals surface area contributed by atoms with Crippen LogP contribution in [0.3, 0.4) is 0 Å². The maximum Gasteiger partial charge on any atom is 0.0802 e. The number of hydrogen-bond donors (Lipinski definition) is 1. The van der Waals surface area contributed by atoms with Crippen LogP contribution in [0.5, 0.6) is 0 Å². The van der Waals surface area contributed by atoms with Gasteiger partial charge in [-0.2, -0.15) is 0 Å². The smallest absolute Gasteiger partial charge is 0.0802 e. The van der Waals surface area contributed by atoms with E-state index in [0.717, 1.165) is 30.5 Å². The SMILES string of the molecule is CC(C)CCN(CCC(O)c1ccccc1)C1CCCC1. The van der Waals surface area contributed by atoms with Crippen LogP contribution in [0.2, 0.25) is 0 Å². The van der Waals surface area contributed by atoms with Gasteiger partial charge in [0.2, 0.25) is 0 Å². The van der Waals surface area contributed by atoms with Crippen molar-refractivity contribution < 1.29 is 5.11 Å². The number of aliphatic hydroxyl groups excluding tert-OH is 1. The molecule has 0 bridgehead atoms. The molecule has 0 spiro atoms. The van der Waals surface area contributed by atoms with E-state index >= 15 is 0 Å². The summed E-state index contributed by atoms with van der Waals surface area (Å²) in [6, 6.07) is 10.8. The van der Waals surface area contributed by atoms with Gasteiger partial charge in [-0.05, 0) is 43.7 Å². The van der Waals surface area contributed by atoms with Gasteiger partial charge < -0.3 is 10.0 Å². The molecular formula is C19H31NO. The predicted molar refractivity (Wildman–Crippen MR) is 89.3 cm³/mol. The first-order chi connectivity index (χ1) is 10.2. The van der Waals surface area contributed by atoms with Crippen LogP contribution >= 0.6 is 0 Å². The molecule has 1 unspecified atom stereocenters. The predicted octanol–water partition coefficient (Wildman–Crippen LogP) is 4.40. The third-order valence-corrected chi connectivity index (χ3v) is 4.71. The molecule has 2 heteroatoms. The Balaban J connectivity index is 1.85. The van der Waals surface area contributed by atoms with E-state index in [2.05, 4.69) is 18.7 Å². The highest BCUT2D eigenvalue weighted by molar-refractivity contribution is 5.17. The van der Waals surface area contributed by atoms with Crippen LogP contribution in [-0.2, 0) is 0 Å². The van der Waals surface area contributed by atoms with Gasteiger partial charge >= 0.3 is 0 Å². The molecule has 1 aliphatic carbocycles. The molecule has 1 N–H and O–H groups in total. The minimum absolute atomic E-state index is 0.325. The van der Waals surface area contributed by atoms with Gasteiger partial charge in [-0.1, -0.05) is 57.0 Å². The standard InChI is InChI=1S/C19H31NO/c1-16(2)12-14-20(18-10-6-7-11-18)15-13-19(21)17-8-4-3-5-9-17/h3-5,8-9,16,18-19,21H,6-7,10-15H2,1-2H3. The number of nitrogens with zero attached hydrogens (tertiary/aromatic N) is 1. The Bertz CT molecular complexity index is 384. The van der Waals surface area contributed by atoms with Gasteiger partial charge in [-0.15, -0.1) is 0 Å².